The van der Waals surface area contributed by atoms with Crippen molar-refractivity contribution < 1.29 is 14.5 Å². The number of halogens is 1. The van der Waals surface area contributed by atoms with Gasteiger partial charge < -0.3 is 10.2 Å². The zero-order valence-corrected chi connectivity index (χ0v) is 15.0. The van der Waals surface area contributed by atoms with Crippen LogP contribution in [0.4, 0.5) is 4.79 Å². The minimum Gasteiger partial charge on any atom is -0.323 e. The summed E-state index contributed by atoms with van der Waals surface area (Å²) >= 11 is 6.02. The summed E-state index contributed by atoms with van der Waals surface area (Å²) in [5.41, 5.74) is 0.438. The Morgan fingerprint density at radius 1 is 1.33 bits per heavy atom. The first-order valence-electron chi connectivity index (χ1n) is 8.59. The van der Waals surface area contributed by atoms with Gasteiger partial charge in [-0.25, -0.2) is 9.69 Å². The monoisotopic (exact) mass is 350 g/mol. The Balaban J connectivity index is 1.64. The summed E-state index contributed by atoms with van der Waals surface area (Å²) in [6.45, 7) is 3.28. The Hall–Kier alpha value is -1.59. The molecule has 24 heavy (non-hydrogen) atoms. The highest BCUT2D eigenvalue weighted by atomic mass is 35.5. The van der Waals surface area contributed by atoms with Crippen LogP contribution in [0.3, 0.4) is 0 Å². The molecule has 2 aliphatic rings. The molecule has 1 atom stereocenters. The first-order chi connectivity index (χ1) is 11.4. The SMILES string of the molecule is CC1CCC2(CC1)NC(=O)N(C[NH+](C)Cc1cccc(Cl)c1)C2=O. The van der Waals surface area contributed by atoms with Crippen LogP contribution in [-0.4, -0.2) is 36.1 Å². The Kier molecular flexibility index (Phi) is 4.83. The molecule has 1 aromatic rings. The van der Waals surface area contributed by atoms with Crippen LogP contribution >= 0.6 is 11.6 Å². The summed E-state index contributed by atoms with van der Waals surface area (Å²) in [5, 5.41) is 3.67. The minimum atomic E-state index is -0.653. The Morgan fingerprint density at radius 2 is 2.04 bits per heavy atom. The molecule has 1 spiro atoms. The number of hydrogen-bond donors (Lipinski definition) is 2. The number of nitrogens with one attached hydrogen (secondary N) is 2. The lowest BCUT2D eigenvalue weighted by Crippen LogP contribution is -3.09. The highest BCUT2D eigenvalue weighted by Gasteiger charge is 2.52. The Bertz CT molecular complexity index is 641. The van der Waals surface area contributed by atoms with Gasteiger partial charge in [-0.15, -0.1) is 0 Å². The summed E-state index contributed by atoms with van der Waals surface area (Å²) in [6.07, 6.45) is 3.49. The van der Waals surface area contributed by atoms with Gasteiger partial charge in [-0.1, -0.05) is 30.7 Å². The molecule has 1 heterocycles. The lowest BCUT2D eigenvalue weighted by atomic mass is 9.77. The lowest BCUT2D eigenvalue weighted by Gasteiger charge is -2.33. The van der Waals surface area contributed by atoms with E-state index in [1.807, 2.05) is 31.3 Å². The van der Waals surface area contributed by atoms with Crippen molar-refractivity contribution in [1.82, 2.24) is 10.2 Å². The van der Waals surface area contributed by atoms with E-state index in [0.717, 1.165) is 36.1 Å². The Labute approximate surface area is 147 Å². The number of quaternary nitrogens is 1. The second-order valence-corrected chi connectivity index (χ2v) is 7.79. The molecular weight excluding hydrogens is 326 g/mol. The van der Waals surface area contributed by atoms with Gasteiger partial charge in [0.15, 0.2) is 6.67 Å². The number of nitrogens with zero attached hydrogens (tertiary/aromatic N) is 1. The number of rotatable bonds is 4. The first kappa shape index (κ1) is 17.2. The fourth-order valence-corrected chi connectivity index (χ4v) is 3.95. The molecule has 3 amide bonds. The van der Waals surface area contributed by atoms with Crippen LogP contribution in [-0.2, 0) is 11.3 Å². The lowest BCUT2D eigenvalue weighted by molar-refractivity contribution is -0.901. The van der Waals surface area contributed by atoms with Crippen molar-refractivity contribution in [2.75, 3.05) is 13.7 Å². The fraction of sp³-hybridized carbons (Fsp3) is 0.556. The van der Waals surface area contributed by atoms with Crippen molar-refractivity contribution in [3.8, 4) is 0 Å². The summed E-state index contributed by atoms with van der Waals surface area (Å²) in [4.78, 5) is 27.6. The van der Waals surface area contributed by atoms with Crippen LogP contribution in [0.2, 0.25) is 5.02 Å². The molecular formula is C18H25ClN3O2+. The zero-order chi connectivity index (χ0) is 17.3. The highest BCUT2D eigenvalue weighted by molar-refractivity contribution is 6.30. The van der Waals surface area contributed by atoms with Gasteiger partial charge in [0.25, 0.3) is 5.91 Å². The maximum Gasteiger partial charge on any atom is 0.329 e. The molecule has 3 rings (SSSR count). The Morgan fingerprint density at radius 3 is 2.71 bits per heavy atom. The number of urea groups is 1. The molecule has 130 valence electrons. The number of amides is 3. The van der Waals surface area contributed by atoms with E-state index in [2.05, 4.69) is 12.2 Å². The third-order valence-electron chi connectivity index (χ3n) is 5.20. The molecule has 1 saturated carbocycles. The molecule has 1 unspecified atom stereocenters. The van der Waals surface area contributed by atoms with Crippen LogP contribution < -0.4 is 10.2 Å². The van der Waals surface area contributed by atoms with Gasteiger partial charge in [-0.05, 0) is 43.7 Å². The molecule has 0 bridgehead atoms. The molecule has 2 fully saturated rings. The van der Waals surface area contributed by atoms with E-state index in [9.17, 15) is 9.59 Å². The van der Waals surface area contributed by atoms with Crippen molar-refractivity contribution in [3.05, 3.63) is 34.9 Å². The summed E-state index contributed by atoms with van der Waals surface area (Å²) < 4.78 is 0. The van der Waals surface area contributed by atoms with Crippen LogP contribution in [0.15, 0.2) is 24.3 Å². The van der Waals surface area contributed by atoms with Gasteiger partial charge in [0.05, 0.1) is 7.05 Å². The van der Waals surface area contributed by atoms with Gasteiger partial charge in [-0.3, -0.25) is 4.79 Å². The molecule has 0 aromatic heterocycles. The molecule has 1 saturated heterocycles. The second-order valence-electron chi connectivity index (χ2n) is 7.35. The molecule has 1 aromatic carbocycles. The van der Waals surface area contributed by atoms with Gasteiger partial charge in [0.1, 0.15) is 12.1 Å². The largest absolute Gasteiger partial charge is 0.329 e. The van der Waals surface area contributed by atoms with E-state index in [1.54, 1.807) is 0 Å². The van der Waals surface area contributed by atoms with E-state index in [1.165, 1.54) is 4.90 Å². The third-order valence-corrected chi connectivity index (χ3v) is 5.43. The molecule has 6 heteroatoms. The van der Waals surface area contributed by atoms with Crippen molar-refractivity contribution in [2.45, 2.75) is 44.7 Å². The third kappa shape index (κ3) is 3.42. The van der Waals surface area contributed by atoms with E-state index < -0.39 is 5.54 Å². The van der Waals surface area contributed by atoms with Crippen LogP contribution in [0.25, 0.3) is 0 Å². The van der Waals surface area contributed by atoms with Crippen molar-refractivity contribution in [1.29, 1.82) is 0 Å². The topological polar surface area (TPSA) is 53.9 Å². The van der Waals surface area contributed by atoms with E-state index in [-0.39, 0.29) is 11.9 Å². The minimum absolute atomic E-state index is 0.0511. The van der Waals surface area contributed by atoms with Gasteiger partial charge in [-0.2, -0.15) is 0 Å². The molecule has 5 nitrogen and oxygen atoms in total. The smallest absolute Gasteiger partial charge is 0.323 e. The first-order valence-corrected chi connectivity index (χ1v) is 8.97. The van der Waals surface area contributed by atoms with Crippen LogP contribution in [0.5, 0.6) is 0 Å². The van der Waals surface area contributed by atoms with E-state index in [4.69, 9.17) is 11.6 Å². The van der Waals surface area contributed by atoms with E-state index in [0.29, 0.717) is 24.2 Å². The second kappa shape index (κ2) is 6.73. The average molecular weight is 351 g/mol. The number of carbonyl (C=O) groups is 2. The summed E-state index contributed by atoms with van der Waals surface area (Å²) in [7, 11) is 1.98. The van der Waals surface area contributed by atoms with Gasteiger partial charge in [0, 0.05) is 10.6 Å². The molecule has 1 aliphatic carbocycles. The van der Waals surface area contributed by atoms with Crippen LogP contribution in [0, 0.1) is 5.92 Å². The van der Waals surface area contributed by atoms with E-state index >= 15 is 0 Å². The molecule has 2 N–H and O–H groups in total. The standard InChI is InChI=1S/C18H24ClN3O2/c1-13-6-8-18(9-7-13)16(23)22(17(24)20-18)12-21(2)11-14-4-3-5-15(19)10-14/h3-5,10,13H,6-9,11-12H2,1-2H3,(H,20,24)/p+1. The van der Waals surface area contributed by atoms with Crippen LogP contribution in [0.1, 0.15) is 38.2 Å². The number of hydrogen-bond acceptors (Lipinski definition) is 2. The molecule has 0 radical (unpaired) electrons. The molecule has 1 aliphatic heterocycles. The predicted octanol–water partition coefficient (Wildman–Crippen LogP) is 1.81. The summed E-state index contributed by atoms with van der Waals surface area (Å²) in [5.74, 6) is 0.579. The number of imide groups is 1. The quantitative estimate of drug-likeness (QED) is 0.814. The highest BCUT2D eigenvalue weighted by Crippen LogP contribution is 2.35. The zero-order valence-electron chi connectivity index (χ0n) is 14.3. The number of carbonyl (C=O) groups excluding carboxylic acids is 2. The van der Waals surface area contributed by atoms with Crippen molar-refractivity contribution in [3.63, 3.8) is 0 Å². The normalized spacial score (nSPS) is 28.3. The predicted molar refractivity (Wildman–Crippen MR) is 92.7 cm³/mol. The average Bonchev–Trinajstić information content (AvgIpc) is 2.75. The van der Waals surface area contributed by atoms with Gasteiger partial charge >= 0.3 is 6.03 Å². The fourth-order valence-electron chi connectivity index (χ4n) is 3.73. The van der Waals surface area contributed by atoms with Crippen molar-refractivity contribution in [2.24, 2.45) is 5.92 Å². The maximum absolute atomic E-state index is 12.8. The maximum atomic E-state index is 12.8. The number of benzene rings is 1. The summed E-state index contributed by atoms with van der Waals surface area (Å²) in [6, 6.07) is 7.43. The van der Waals surface area contributed by atoms with Gasteiger partial charge in [0.2, 0.25) is 0 Å². The van der Waals surface area contributed by atoms with Crippen molar-refractivity contribution >= 4 is 23.5 Å².